The molecule has 0 spiro atoms. The zero-order chi connectivity index (χ0) is 14.6. The molecule has 0 bridgehead atoms. The van der Waals surface area contributed by atoms with Crippen molar-refractivity contribution < 1.29 is 19.8 Å². The van der Waals surface area contributed by atoms with Gasteiger partial charge in [-0.25, -0.2) is 0 Å². The maximum Gasteiger partial charge on any atom is 0.295 e. The molecular formula is C8H6BrN3O7. The summed E-state index contributed by atoms with van der Waals surface area (Å²) >= 11 is 2.93. The van der Waals surface area contributed by atoms with Crippen molar-refractivity contribution in [3.05, 3.63) is 54.1 Å². The molecule has 1 rings (SSSR count). The van der Waals surface area contributed by atoms with Crippen LogP contribution in [0.5, 0.6) is 0 Å². The van der Waals surface area contributed by atoms with Crippen molar-refractivity contribution in [3.8, 4) is 0 Å². The molecule has 1 aromatic rings. The Balaban J connectivity index is 3.29. The molecule has 0 radical (unpaired) electrons. The first kappa shape index (κ1) is 14.8. The van der Waals surface area contributed by atoms with E-state index in [4.69, 9.17) is 0 Å². The number of halogens is 1. The first-order valence-corrected chi connectivity index (χ1v) is 5.78. The summed E-state index contributed by atoms with van der Waals surface area (Å²) in [4.78, 5) is 34.3. The van der Waals surface area contributed by atoms with Crippen LogP contribution in [0.25, 0.3) is 0 Å². The molecular weight excluding hydrogens is 330 g/mol. The van der Waals surface area contributed by atoms with E-state index in [0.29, 0.717) is 0 Å². The van der Waals surface area contributed by atoms with E-state index in [9.17, 15) is 30.3 Å². The van der Waals surface area contributed by atoms with Crippen molar-refractivity contribution in [2.75, 3.05) is 5.33 Å². The van der Waals surface area contributed by atoms with Gasteiger partial charge < -0.3 is 4.84 Å². The maximum atomic E-state index is 10.8. The van der Waals surface area contributed by atoms with Crippen molar-refractivity contribution in [1.29, 1.82) is 0 Å². The van der Waals surface area contributed by atoms with E-state index in [1.54, 1.807) is 0 Å². The molecule has 1 atom stereocenters. The van der Waals surface area contributed by atoms with Gasteiger partial charge in [0.1, 0.15) is 6.10 Å². The Kier molecular flexibility index (Phi) is 4.69. The molecule has 0 aliphatic heterocycles. The molecule has 0 unspecified atom stereocenters. The normalized spacial score (nSPS) is 11.6. The second-order valence-corrected chi connectivity index (χ2v) is 3.88. The standard InChI is InChI=1S/C8H6BrN3O7/c9-4-8(19-12(17)18)6-2-1-5(10(13)14)3-7(6)11(15)16/h1-3,8H,4H2/t8-/m0/s1. The Morgan fingerprint density at radius 3 is 2.21 bits per heavy atom. The van der Waals surface area contributed by atoms with Gasteiger partial charge in [0.2, 0.25) is 0 Å². The average molecular weight is 336 g/mol. The van der Waals surface area contributed by atoms with E-state index in [2.05, 4.69) is 20.8 Å². The summed E-state index contributed by atoms with van der Waals surface area (Å²) in [5, 5.41) is 30.5. The van der Waals surface area contributed by atoms with Gasteiger partial charge in [-0.1, -0.05) is 15.9 Å². The van der Waals surface area contributed by atoms with E-state index < -0.39 is 32.4 Å². The van der Waals surface area contributed by atoms with Crippen LogP contribution in [0.15, 0.2) is 18.2 Å². The lowest BCUT2D eigenvalue weighted by molar-refractivity contribution is -0.769. The number of alkyl halides is 1. The number of nitrogens with zero attached hydrogens (tertiary/aromatic N) is 3. The lowest BCUT2D eigenvalue weighted by Crippen LogP contribution is -2.12. The second kappa shape index (κ2) is 6.04. The van der Waals surface area contributed by atoms with Crippen LogP contribution in [0, 0.1) is 30.3 Å². The van der Waals surface area contributed by atoms with Gasteiger partial charge in [0, 0.05) is 11.4 Å². The number of rotatable bonds is 6. The van der Waals surface area contributed by atoms with Gasteiger partial charge in [0.25, 0.3) is 16.5 Å². The predicted molar refractivity (Wildman–Crippen MR) is 64.4 cm³/mol. The Hall–Kier alpha value is -2.30. The highest BCUT2D eigenvalue weighted by Crippen LogP contribution is 2.32. The SMILES string of the molecule is O=[N+]([O-])O[C@@H](CBr)c1ccc([N+](=O)[O-])cc1[N+](=O)[O-]. The molecule has 1 aromatic carbocycles. The number of benzene rings is 1. The first-order chi connectivity index (χ1) is 8.86. The summed E-state index contributed by atoms with van der Waals surface area (Å²) in [6, 6.07) is 2.81. The number of non-ortho nitro benzene ring substituents is 1. The van der Waals surface area contributed by atoms with Crippen molar-refractivity contribution in [2.45, 2.75) is 6.10 Å². The van der Waals surface area contributed by atoms with Gasteiger partial charge in [-0.3, -0.25) is 20.2 Å². The lowest BCUT2D eigenvalue weighted by Gasteiger charge is -2.12. The Bertz CT molecular complexity index is 535. The fraction of sp³-hybridized carbons (Fsp3) is 0.250. The lowest BCUT2D eigenvalue weighted by atomic mass is 10.1. The average Bonchev–Trinajstić information content (AvgIpc) is 2.34. The van der Waals surface area contributed by atoms with Crippen LogP contribution in [0.1, 0.15) is 11.7 Å². The Labute approximate surface area is 113 Å². The molecule has 11 heteroatoms. The van der Waals surface area contributed by atoms with Crippen LogP contribution in [0.4, 0.5) is 11.4 Å². The molecule has 0 N–H and O–H groups in total. The minimum atomic E-state index is -1.23. The van der Waals surface area contributed by atoms with Gasteiger partial charge in [0.15, 0.2) is 0 Å². The van der Waals surface area contributed by atoms with Crippen molar-refractivity contribution >= 4 is 27.3 Å². The molecule has 0 amide bonds. The number of nitro benzene ring substituents is 2. The first-order valence-electron chi connectivity index (χ1n) is 4.66. The number of nitro groups is 2. The molecule has 10 nitrogen and oxygen atoms in total. The summed E-state index contributed by atoms with van der Waals surface area (Å²) in [7, 11) is 0. The van der Waals surface area contributed by atoms with Crippen LogP contribution in [0.2, 0.25) is 0 Å². The van der Waals surface area contributed by atoms with E-state index in [1.807, 2.05) is 0 Å². The molecule has 0 aliphatic rings. The second-order valence-electron chi connectivity index (χ2n) is 3.23. The van der Waals surface area contributed by atoms with Crippen molar-refractivity contribution in [2.24, 2.45) is 0 Å². The summed E-state index contributed by atoms with van der Waals surface area (Å²) in [6.07, 6.45) is -1.23. The quantitative estimate of drug-likeness (QED) is 0.440. The molecule has 0 saturated carbocycles. The molecule has 102 valence electrons. The fourth-order valence-electron chi connectivity index (χ4n) is 1.35. The summed E-state index contributed by atoms with van der Waals surface area (Å²) in [6.45, 7) is 0. The largest absolute Gasteiger partial charge is 0.305 e. The summed E-state index contributed by atoms with van der Waals surface area (Å²) in [5.74, 6) is 0. The van der Waals surface area contributed by atoms with Crippen LogP contribution < -0.4 is 0 Å². The van der Waals surface area contributed by atoms with Gasteiger partial charge in [-0.15, -0.1) is 10.1 Å². The Morgan fingerprint density at radius 1 is 1.16 bits per heavy atom. The van der Waals surface area contributed by atoms with Crippen LogP contribution >= 0.6 is 15.9 Å². The predicted octanol–water partition coefficient (Wildman–Crippen LogP) is 2.15. The number of hydrogen-bond acceptors (Lipinski definition) is 7. The zero-order valence-corrected chi connectivity index (χ0v) is 10.7. The molecule has 0 saturated heterocycles. The van der Waals surface area contributed by atoms with E-state index in [0.717, 1.165) is 18.2 Å². The number of hydrogen-bond donors (Lipinski definition) is 0. The third-order valence-corrected chi connectivity index (χ3v) is 2.71. The molecule has 0 aliphatic carbocycles. The van der Waals surface area contributed by atoms with E-state index >= 15 is 0 Å². The zero-order valence-electron chi connectivity index (χ0n) is 9.09. The molecule has 0 fully saturated rings. The van der Waals surface area contributed by atoms with Crippen molar-refractivity contribution in [3.63, 3.8) is 0 Å². The third kappa shape index (κ3) is 3.58. The maximum absolute atomic E-state index is 10.8. The Morgan fingerprint density at radius 2 is 1.79 bits per heavy atom. The van der Waals surface area contributed by atoms with Gasteiger partial charge in [0.05, 0.1) is 21.5 Å². The summed E-state index contributed by atoms with van der Waals surface area (Å²) in [5.41, 5.74) is -1.21. The molecule has 0 heterocycles. The molecule has 19 heavy (non-hydrogen) atoms. The fourth-order valence-corrected chi connectivity index (χ4v) is 1.81. The van der Waals surface area contributed by atoms with Gasteiger partial charge in [-0.2, -0.15) is 0 Å². The van der Waals surface area contributed by atoms with Gasteiger partial charge in [-0.05, 0) is 6.07 Å². The minimum absolute atomic E-state index is 0.0768. The topological polar surface area (TPSA) is 139 Å². The van der Waals surface area contributed by atoms with E-state index in [1.165, 1.54) is 0 Å². The highest BCUT2D eigenvalue weighted by Gasteiger charge is 2.27. The van der Waals surface area contributed by atoms with Crippen LogP contribution in [-0.2, 0) is 4.84 Å². The van der Waals surface area contributed by atoms with Crippen LogP contribution in [0.3, 0.4) is 0 Å². The van der Waals surface area contributed by atoms with Gasteiger partial charge >= 0.3 is 0 Å². The van der Waals surface area contributed by atoms with Crippen LogP contribution in [-0.4, -0.2) is 20.3 Å². The smallest absolute Gasteiger partial charge is 0.295 e. The highest BCUT2D eigenvalue weighted by atomic mass is 79.9. The summed E-state index contributed by atoms with van der Waals surface area (Å²) < 4.78 is 0. The molecule has 0 aromatic heterocycles. The highest BCUT2D eigenvalue weighted by molar-refractivity contribution is 9.09. The van der Waals surface area contributed by atoms with Crippen molar-refractivity contribution in [1.82, 2.24) is 0 Å². The van der Waals surface area contributed by atoms with E-state index in [-0.39, 0.29) is 10.9 Å². The third-order valence-electron chi connectivity index (χ3n) is 2.12. The monoisotopic (exact) mass is 335 g/mol. The minimum Gasteiger partial charge on any atom is -0.305 e.